The topological polar surface area (TPSA) is 120 Å². The number of nitrogens with zero attached hydrogens (tertiary/aromatic N) is 1. The summed E-state index contributed by atoms with van der Waals surface area (Å²) in [6.45, 7) is 0. The van der Waals surface area contributed by atoms with Gasteiger partial charge in [-0.25, -0.2) is 9.37 Å². The molecule has 0 spiro atoms. The minimum absolute atomic E-state index is 0.0394. The smallest absolute Gasteiger partial charge is 0.296 e. The zero-order valence-corrected chi connectivity index (χ0v) is 15.7. The SMILES string of the molecule is NC(=O)c1ccc(F)cc1Cl.O=S(=O)(O)c1ccc(Oc2ccccc2)nc1. The molecule has 28 heavy (non-hydrogen) atoms. The number of carbonyl (C=O) groups is 1. The predicted molar refractivity (Wildman–Crippen MR) is 100 cm³/mol. The molecular formula is C18H14ClFN2O5S. The molecule has 0 aliphatic heterocycles. The number of carbonyl (C=O) groups excluding carboxylic acids is 1. The highest BCUT2D eigenvalue weighted by molar-refractivity contribution is 7.85. The summed E-state index contributed by atoms with van der Waals surface area (Å²) in [6, 6.07) is 15.0. The zero-order valence-electron chi connectivity index (χ0n) is 14.1. The Morgan fingerprint density at radius 3 is 2.29 bits per heavy atom. The quantitative estimate of drug-likeness (QED) is 0.616. The summed E-state index contributed by atoms with van der Waals surface area (Å²) in [6.07, 6.45) is 1.04. The Bertz CT molecular complexity index is 1060. The van der Waals surface area contributed by atoms with Gasteiger partial charge in [0, 0.05) is 6.07 Å². The molecule has 3 aromatic rings. The maximum absolute atomic E-state index is 12.4. The monoisotopic (exact) mass is 424 g/mol. The van der Waals surface area contributed by atoms with Crippen molar-refractivity contribution >= 4 is 27.6 Å². The van der Waals surface area contributed by atoms with Gasteiger partial charge < -0.3 is 10.5 Å². The second-order valence-electron chi connectivity index (χ2n) is 5.21. The van der Waals surface area contributed by atoms with Gasteiger partial charge in [0.25, 0.3) is 10.1 Å². The lowest BCUT2D eigenvalue weighted by Gasteiger charge is -2.04. The highest BCUT2D eigenvalue weighted by Crippen LogP contribution is 2.19. The van der Waals surface area contributed by atoms with Crippen LogP contribution in [0.15, 0.2) is 71.8 Å². The average Bonchev–Trinajstić information content (AvgIpc) is 2.62. The van der Waals surface area contributed by atoms with Gasteiger partial charge in [-0.2, -0.15) is 8.42 Å². The van der Waals surface area contributed by atoms with Crippen LogP contribution in [0.5, 0.6) is 11.6 Å². The molecule has 2 aromatic carbocycles. The van der Waals surface area contributed by atoms with Crippen molar-refractivity contribution in [1.82, 2.24) is 4.98 Å². The molecule has 0 fully saturated rings. The van der Waals surface area contributed by atoms with Crippen LogP contribution in [0.4, 0.5) is 4.39 Å². The van der Waals surface area contributed by atoms with E-state index in [0.29, 0.717) is 5.75 Å². The average molecular weight is 425 g/mol. The lowest BCUT2D eigenvalue weighted by Crippen LogP contribution is -2.11. The number of benzene rings is 2. The van der Waals surface area contributed by atoms with Gasteiger partial charge in [-0.05, 0) is 36.4 Å². The molecule has 3 rings (SSSR count). The first kappa shape index (κ1) is 21.3. The number of para-hydroxylation sites is 1. The molecule has 0 radical (unpaired) electrons. The molecule has 0 aliphatic rings. The summed E-state index contributed by atoms with van der Waals surface area (Å²) in [5.41, 5.74) is 5.05. The molecule has 146 valence electrons. The summed E-state index contributed by atoms with van der Waals surface area (Å²) in [7, 11) is -4.21. The number of nitrogens with two attached hydrogens (primary N) is 1. The number of primary amides is 1. The van der Waals surface area contributed by atoms with Crippen molar-refractivity contribution in [3.8, 4) is 11.6 Å². The highest BCUT2D eigenvalue weighted by Gasteiger charge is 2.10. The molecule has 0 aliphatic carbocycles. The van der Waals surface area contributed by atoms with Crippen LogP contribution in [0.25, 0.3) is 0 Å². The number of amides is 1. The fraction of sp³-hybridized carbons (Fsp3) is 0. The van der Waals surface area contributed by atoms with Gasteiger partial charge in [-0.1, -0.05) is 29.8 Å². The molecule has 0 saturated carbocycles. The standard InChI is InChI=1S/C11H9NO4S.C7H5ClFNO/c13-17(14,15)10-6-7-11(12-8-10)16-9-4-2-1-3-5-9;8-6-3-4(9)1-2-5(6)7(10)11/h1-8H,(H,13,14,15);1-3H,(H2,10,11). The Morgan fingerprint density at radius 1 is 1.11 bits per heavy atom. The first-order chi connectivity index (χ1) is 13.2. The van der Waals surface area contributed by atoms with E-state index >= 15 is 0 Å². The van der Waals surface area contributed by atoms with E-state index in [1.54, 1.807) is 12.1 Å². The molecular weight excluding hydrogens is 411 g/mol. The molecule has 0 atom stereocenters. The van der Waals surface area contributed by atoms with Gasteiger partial charge in [0.05, 0.1) is 16.8 Å². The minimum Gasteiger partial charge on any atom is -0.439 e. The number of hydrogen-bond acceptors (Lipinski definition) is 5. The van der Waals surface area contributed by atoms with Crippen LogP contribution >= 0.6 is 11.6 Å². The van der Waals surface area contributed by atoms with Crippen LogP contribution in [0.3, 0.4) is 0 Å². The summed E-state index contributed by atoms with van der Waals surface area (Å²) in [5.74, 6) is -0.293. The van der Waals surface area contributed by atoms with Gasteiger partial charge in [0.1, 0.15) is 16.5 Å². The molecule has 1 heterocycles. The predicted octanol–water partition coefficient (Wildman–Crippen LogP) is 3.70. The normalized spacial score (nSPS) is 10.5. The van der Waals surface area contributed by atoms with Gasteiger partial charge in [-0.3, -0.25) is 9.35 Å². The zero-order chi connectivity index (χ0) is 20.7. The van der Waals surface area contributed by atoms with Gasteiger partial charge in [-0.15, -0.1) is 0 Å². The Kier molecular flexibility index (Phi) is 7.05. The Balaban J connectivity index is 0.000000221. The second-order valence-corrected chi connectivity index (χ2v) is 7.04. The van der Waals surface area contributed by atoms with Crippen LogP contribution in [0.1, 0.15) is 10.4 Å². The third-order valence-corrected chi connectivity index (χ3v) is 4.32. The third-order valence-electron chi connectivity index (χ3n) is 3.17. The van der Waals surface area contributed by atoms with E-state index in [-0.39, 0.29) is 21.4 Å². The summed E-state index contributed by atoms with van der Waals surface area (Å²) in [4.78, 5) is 14.1. The number of ether oxygens (including phenoxy) is 1. The van der Waals surface area contributed by atoms with Crippen molar-refractivity contribution in [1.29, 1.82) is 0 Å². The Labute approximate surface area is 165 Å². The van der Waals surface area contributed by atoms with Gasteiger partial charge >= 0.3 is 0 Å². The Hall–Kier alpha value is -3.01. The lowest BCUT2D eigenvalue weighted by molar-refractivity contribution is 0.100. The van der Waals surface area contributed by atoms with Crippen LogP contribution in [-0.4, -0.2) is 23.9 Å². The van der Waals surface area contributed by atoms with Crippen LogP contribution < -0.4 is 10.5 Å². The molecule has 10 heteroatoms. The van der Waals surface area contributed by atoms with E-state index in [1.807, 2.05) is 18.2 Å². The van der Waals surface area contributed by atoms with E-state index in [0.717, 1.165) is 18.3 Å². The highest BCUT2D eigenvalue weighted by atomic mass is 35.5. The molecule has 3 N–H and O–H groups in total. The Morgan fingerprint density at radius 2 is 1.79 bits per heavy atom. The second kappa shape index (κ2) is 9.27. The lowest BCUT2D eigenvalue weighted by atomic mass is 10.2. The van der Waals surface area contributed by atoms with E-state index in [2.05, 4.69) is 4.98 Å². The van der Waals surface area contributed by atoms with Crippen molar-refractivity contribution in [2.75, 3.05) is 0 Å². The first-order valence-electron chi connectivity index (χ1n) is 7.58. The van der Waals surface area contributed by atoms with E-state index in [4.69, 9.17) is 26.6 Å². The number of aromatic nitrogens is 1. The third kappa shape index (κ3) is 6.31. The van der Waals surface area contributed by atoms with Crippen molar-refractivity contribution in [3.05, 3.63) is 83.3 Å². The molecule has 0 bridgehead atoms. The van der Waals surface area contributed by atoms with E-state index < -0.39 is 21.8 Å². The molecule has 0 saturated heterocycles. The molecule has 0 unspecified atom stereocenters. The fourth-order valence-corrected chi connectivity index (χ4v) is 2.56. The van der Waals surface area contributed by atoms with Gasteiger partial charge in [0.2, 0.25) is 11.8 Å². The van der Waals surface area contributed by atoms with E-state index in [9.17, 15) is 17.6 Å². The van der Waals surface area contributed by atoms with Crippen molar-refractivity contribution in [2.24, 2.45) is 5.73 Å². The summed E-state index contributed by atoms with van der Waals surface area (Å²) in [5, 5.41) is 0.0394. The van der Waals surface area contributed by atoms with Crippen LogP contribution in [0, 0.1) is 5.82 Å². The van der Waals surface area contributed by atoms with Crippen LogP contribution in [-0.2, 0) is 10.1 Å². The first-order valence-corrected chi connectivity index (χ1v) is 9.40. The largest absolute Gasteiger partial charge is 0.439 e. The maximum atomic E-state index is 12.4. The fourth-order valence-electron chi connectivity index (χ4n) is 1.88. The van der Waals surface area contributed by atoms with Crippen molar-refractivity contribution < 1.29 is 26.9 Å². The minimum atomic E-state index is -4.21. The number of hydrogen-bond donors (Lipinski definition) is 2. The van der Waals surface area contributed by atoms with Gasteiger partial charge in [0.15, 0.2) is 0 Å². The molecule has 1 aromatic heterocycles. The summed E-state index contributed by atoms with van der Waals surface area (Å²) < 4.78 is 48.0. The number of rotatable bonds is 4. The van der Waals surface area contributed by atoms with Crippen molar-refractivity contribution in [2.45, 2.75) is 4.90 Å². The molecule has 7 nitrogen and oxygen atoms in total. The van der Waals surface area contributed by atoms with E-state index in [1.165, 1.54) is 18.2 Å². The maximum Gasteiger partial charge on any atom is 0.296 e. The number of halogens is 2. The molecule has 1 amide bonds. The summed E-state index contributed by atoms with van der Waals surface area (Å²) >= 11 is 5.48. The van der Waals surface area contributed by atoms with Crippen LogP contribution in [0.2, 0.25) is 5.02 Å². The number of pyridine rings is 1. The van der Waals surface area contributed by atoms with Crippen molar-refractivity contribution in [3.63, 3.8) is 0 Å².